The van der Waals surface area contributed by atoms with Gasteiger partial charge in [0.1, 0.15) is 5.82 Å². The number of piperazine rings is 1. The van der Waals surface area contributed by atoms with Crippen LogP contribution in [0.2, 0.25) is 0 Å². The number of anilines is 1. The number of hydrogen-bond acceptors (Lipinski definition) is 5. The Morgan fingerprint density at radius 2 is 1.92 bits per heavy atom. The van der Waals surface area contributed by atoms with Gasteiger partial charge in [-0.05, 0) is 24.1 Å². The van der Waals surface area contributed by atoms with Crippen LogP contribution in [-0.2, 0) is 6.42 Å². The maximum Gasteiger partial charge on any atom is 0.148 e. The summed E-state index contributed by atoms with van der Waals surface area (Å²) in [6.07, 6.45) is 2.89. The SMILES string of the molecule is Cc1nc(N2CCNCC2)c(-c2ccnc3c2-c2ccccc2C3)s1. The van der Waals surface area contributed by atoms with Crippen molar-refractivity contribution in [2.24, 2.45) is 0 Å². The van der Waals surface area contributed by atoms with Crippen molar-refractivity contribution >= 4 is 17.2 Å². The molecule has 0 unspecified atom stereocenters. The summed E-state index contributed by atoms with van der Waals surface area (Å²) in [5.74, 6) is 1.14. The highest BCUT2D eigenvalue weighted by atomic mass is 32.1. The average molecular weight is 348 g/mol. The first-order valence-electron chi connectivity index (χ1n) is 8.81. The zero-order valence-corrected chi connectivity index (χ0v) is 15.1. The van der Waals surface area contributed by atoms with Gasteiger partial charge in [-0.25, -0.2) is 4.98 Å². The van der Waals surface area contributed by atoms with Crippen LogP contribution in [0.15, 0.2) is 36.5 Å². The molecular weight excluding hydrogens is 328 g/mol. The molecule has 1 aromatic carbocycles. The smallest absolute Gasteiger partial charge is 0.148 e. The summed E-state index contributed by atoms with van der Waals surface area (Å²) in [6.45, 7) is 6.18. The molecule has 0 amide bonds. The van der Waals surface area contributed by atoms with Gasteiger partial charge in [0.15, 0.2) is 0 Å². The first-order valence-corrected chi connectivity index (χ1v) is 9.62. The molecule has 126 valence electrons. The monoisotopic (exact) mass is 348 g/mol. The fourth-order valence-electron chi connectivity index (χ4n) is 3.91. The number of fused-ring (bicyclic) bond motifs is 3. The van der Waals surface area contributed by atoms with Gasteiger partial charge in [-0.3, -0.25) is 4.98 Å². The van der Waals surface area contributed by atoms with Gasteiger partial charge < -0.3 is 10.2 Å². The lowest BCUT2D eigenvalue weighted by atomic mass is 10.0. The number of nitrogens with zero attached hydrogens (tertiary/aromatic N) is 3. The molecule has 0 atom stereocenters. The molecule has 1 aliphatic heterocycles. The molecule has 3 heterocycles. The predicted octanol–water partition coefficient (Wildman–Crippen LogP) is 3.49. The summed E-state index contributed by atoms with van der Waals surface area (Å²) >= 11 is 1.80. The minimum absolute atomic E-state index is 0.931. The van der Waals surface area contributed by atoms with Gasteiger partial charge in [0.2, 0.25) is 0 Å². The number of hydrogen-bond donors (Lipinski definition) is 1. The number of benzene rings is 1. The summed E-state index contributed by atoms with van der Waals surface area (Å²) < 4.78 is 0. The summed E-state index contributed by atoms with van der Waals surface area (Å²) in [4.78, 5) is 13.3. The Hall–Kier alpha value is -2.24. The lowest BCUT2D eigenvalue weighted by Crippen LogP contribution is -2.43. The Bertz CT molecular complexity index is 941. The van der Waals surface area contributed by atoms with E-state index in [0.29, 0.717) is 0 Å². The molecule has 0 saturated carbocycles. The number of aromatic nitrogens is 2. The molecule has 2 aromatic heterocycles. The van der Waals surface area contributed by atoms with Gasteiger partial charge in [-0.15, -0.1) is 11.3 Å². The molecule has 1 aliphatic carbocycles. The van der Waals surface area contributed by atoms with Crippen LogP contribution in [0, 0.1) is 6.92 Å². The van der Waals surface area contributed by atoms with Crippen molar-refractivity contribution in [3.05, 3.63) is 52.8 Å². The molecule has 1 fully saturated rings. The molecule has 2 aliphatic rings. The molecule has 4 nitrogen and oxygen atoms in total. The van der Waals surface area contributed by atoms with E-state index in [9.17, 15) is 0 Å². The van der Waals surface area contributed by atoms with Crippen LogP contribution in [0.25, 0.3) is 21.6 Å². The van der Waals surface area contributed by atoms with E-state index in [1.165, 1.54) is 32.8 Å². The van der Waals surface area contributed by atoms with Crippen molar-refractivity contribution in [2.75, 3.05) is 31.1 Å². The van der Waals surface area contributed by atoms with Crippen molar-refractivity contribution < 1.29 is 0 Å². The molecule has 1 N–H and O–H groups in total. The van der Waals surface area contributed by atoms with E-state index in [1.54, 1.807) is 11.3 Å². The Morgan fingerprint density at radius 3 is 2.80 bits per heavy atom. The molecule has 0 bridgehead atoms. The molecule has 0 radical (unpaired) electrons. The highest BCUT2D eigenvalue weighted by Crippen LogP contribution is 2.46. The fourth-order valence-corrected chi connectivity index (χ4v) is 4.88. The highest BCUT2D eigenvalue weighted by Gasteiger charge is 2.27. The Balaban J connectivity index is 1.69. The minimum Gasteiger partial charge on any atom is -0.353 e. The first kappa shape index (κ1) is 15.0. The van der Waals surface area contributed by atoms with Gasteiger partial charge in [-0.1, -0.05) is 24.3 Å². The molecular formula is C20H20N4S. The number of rotatable bonds is 2. The largest absolute Gasteiger partial charge is 0.353 e. The highest BCUT2D eigenvalue weighted by molar-refractivity contribution is 7.15. The second-order valence-corrected chi connectivity index (χ2v) is 7.84. The van der Waals surface area contributed by atoms with E-state index < -0.39 is 0 Å². The van der Waals surface area contributed by atoms with Gasteiger partial charge in [-0.2, -0.15) is 0 Å². The van der Waals surface area contributed by atoms with Crippen molar-refractivity contribution in [3.63, 3.8) is 0 Å². The zero-order chi connectivity index (χ0) is 16.8. The van der Waals surface area contributed by atoms with E-state index in [1.807, 2.05) is 6.20 Å². The molecule has 5 heteroatoms. The van der Waals surface area contributed by atoms with E-state index in [4.69, 9.17) is 4.98 Å². The second-order valence-electron chi connectivity index (χ2n) is 6.64. The number of pyridine rings is 1. The maximum absolute atomic E-state index is 4.89. The van der Waals surface area contributed by atoms with Crippen molar-refractivity contribution in [3.8, 4) is 21.6 Å². The quantitative estimate of drug-likeness (QED) is 0.602. The van der Waals surface area contributed by atoms with Crippen molar-refractivity contribution in [1.82, 2.24) is 15.3 Å². The van der Waals surface area contributed by atoms with Crippen LogP contribution in [-0.4, -0.2) is 36.1 Å². The van der Waals surface area contributed by atoms with Crippen molar-refractivity contribution in [2.45, 2.75) is 13.3 Å². The Kier molecular flexibility index (Phi) is 3.57. The lowest BCUT2D eigenvalue weighted by Gasteiger charge is -2.28. The number of nitrogens with one attached hydrogen (secondary N) is 1. The van der Waals surface area contributed by atoms with E-state index in [2.05, 4.69) is 52.5 Å². The van der Waals surface area contributed by atoms with Gasteiger partial charge >= 0.3 is 0 Å². The predicted molar refractivity (Wildman–Crippen MR) is 103 cm³/mol. The molecule has 3 aromatic rings. The average Bonchev–Trinajstić information content (AvgIpc) is 3.22. The third-order valence-electron chi connectivity index (χ3n) is 5.05. The van der Waals surface area contributed by atoms with Crippen LogP contribution in [0.3, 0.4) is 0 Å². The third-order valence-corrected chi connectivity index (χ3v) is 6.04. The van der Waals surface area contributed by atoms with E-state index in [-0.39, 0.29) is 0 Å². The van der Waals surface area contributed by atoms with Gasteiger partial charge in [0.05, 0.1) is 15.6 Å². The Labute approximate surface area is 151 Å². The number of thiazole rings is 1. The minimum atomic E-state index is 0.931. The van der Waals surface area contributed by atoms with Crippen LogP contribution in [0.1, 0.15) is 16.3 Å². The molecule has 5 rings (SSSR count). The molecule has 1 saturated heterocycles. The standard InChI is InChI=1S/C20H20N4S/c1-13-23-20(24-10-8-21-9-11-24)19(25-13)16-6-7-22-17-12-14-4-2-3-5-15(14)18(16)17/h2-7,21H,8-12H2,1H3. The molecule has 0 spiro atoms. The maximum atomic E-state index is 4.89. The van der Waals surface area contributed by atoms with E-state index >= 15 is 0 Å². The van der Waals surface area contributed by atoms with Gasteiger partial charge in [0.25, 0.3) is 0 Å². The topological polar surface area (TPSA) is 41.1 Å². The normalized spacial score (nSPS) is 16.0. The third kappa shape index (κ3) is 2.46. The van der Waals surface area contributed by atoms with Crippen molar-refractivity contribution in [1.29, 1.82) is 0 Å². The lowest BCUT2D eigenvalue weighted by molar-refractivity contribution is 0.586. The zero-order valence-electron chi connectivity index (χ0n) is 14.2. The summed E-state index contributed by atoms with van der Waals surface area (Å²) in [5, 5.41) is 4.55. The van der Waals surface area contributed by atoms with E-state index in [0.717, 1.165) is 43.4 Å². The van der Waals surface area contributed by atoms with Crippen LogP contribution < -0.4 is 10.2 Å². The van der Waals surface area contributed by atoms with Crippen LogP contribution in [0.4, 0.5) is 5.82 Å². The summed E-state index contributed by atoms with van der Waals surface area (Å²) in [7, 11) is 0. The molecule has 25 heavy (non-hydrogen) atoms. The second kappa shape index (κ2) is 5.93. The fraction of sp³-hybridized carbons (Fsp3) is 0.300. The summed E-state index contributed by atoms with van der Waals surface area (Å²) in [6, 6.07) is 10.9. The van der Waals surface area contributed by atoms with Crippen LogP contribution in [0.5, 0.6) is 0 Å². The van der Waals surface area contributed by atoms with Crippen LogP contribution >= 0.6 is 11.3 Å². The number of aryl methyl sites for hydroxylation is 1. The first-order chi connectivity index (χ1) is 12.3. The summed E-state index contributed by atoms with van der Waals surface area (Å²) in [5.41, 5.74) is 6.49. The Morgan fingerprint density at radius 1 is 1.08 bits per heavy atom. The van der Waals surface area contributed by atoms with Gasteiger partial charge in [0, 0.05) is 49.9 Å².